The third kappa shape index (κ3) is 6.37. The molecule has 1 aliphatic heterocycles. The summed E-state index contributed by atoms with van der Waals surface area (Å²) in [5, 5.41) is 0. The van der Waals surface area contributed by atoms with E-state index in [9.17, 15) is 14.4 Å². The van der Waals surface area contributed by atoms with Gasteiger partial charge in [-0.15, -0.1) is 0 Å². The van der Waals surface area contributed by atoms with Crippen molar-refractivity contribution in [2.24, 2.45) is 4.99 Å². The molecule has 6 heteroatoms. The lowest BCUT2D eigenvalue weighted by Gasteiger charge is -2.14. The molecule has 2 amide bonds. The number of esters is 1. The highest BCUT2D eigenvalue weighted by molar-refractivity contribution is 6.37. The van der Waals surface area contributed by atoms with Gasteiger partial charge in [-0.3, -0.25) is 9.59 Å². The van der Waals surface area contributed by atoms with Crippen LogP contribution in [0.1, 0.15) is 54.9 Å². The van der Waals surface area contributed by atoms with Crippen LogP contribution in [0.2, 0.25) is 0 Å². The molecule has 0 aliphatic carbocycles. The van der Waals surface area contributed by atoms with Gasteiger partial charge in [0.05, 0.1) is 7.11 Å². The molecule has 6 nitrogen and oxygen atoms in total. The van der Waals surface area contributed by atoms with Crippen LogP contribution in [0.3, 0.4) is 0 Å². The summed E-state index contributed by atoms with van der Waals surface area (Å²) >= 11 is 0. The van der Waals surface area contributed by atoms with Gasteiger partial charge in [-0.05, 0) is 44.4 Å². The Hall–Kier alpha value is -2.94. The monoisotopic (exact) mass is 368 g/mol. The second-order valence-corrected chi connectivity index (χ2v) is 6.32. The first kappa shape index (κ1) is 20.4. The molecule has 0 radical (unpaired) electrons. The van der Waals surface area contributed by atoms with E-state index in [-0.39, 0.29) is 11.6 Å². The van der Waals surface area contributed by atoms with Crippen molar-refractivity contribution in [2.75, 3.05) is 20.2 Å². The van der Waals surface area contributed by atoms with E-state index >= 15 is 0 Å². The molecule has 1 saturated heterocycles. The third-order valence-electron chi connectivity index (χ3n) is 4.24. The van der Waals surface area contributed by atoms with Crippen LogP contribution in [-0.4, -0.2) is 48.6 Å². The Balaban J connectivity index is 1.88. The van der Waals surface area contributed by atoms with E-state index < -0.39 is 11.9 Å². The standard InChI is InChI=1S/C21H24N2O4/c1-16(21(26)27-2)22-20(25)18-11-8-10-17(15-18)9-4-3-5-12-19(24)23-13-6-7-14-23/h8,10-11,15H,3,5-7,12-14H2,1-2H3. The molecular formula is C21H24N2O4. The van der Waals surface area contributed by atoms with Crippen LogP contribution in [0.4, 0.5) is 0 Å². The first-order valence-corrected chi connectivity index (χ1v) is 9.06. The Kier molecular flexibility index (Phi) is 7.75. The maximum absolute atomic E-state index is 12.1. The summed E-state index contributed by atoms with van der Waals surface area (Å²) in [4.78, 5) is 41.1. The fourth-order valence-electron chi connectivity index (χ4n) is 2.76. The van der Waals surface area contributed by atoms with Crippen LogP contribution in [0.25, 0.3) is 0 Å². The van der Waals surface area contributed by atoms with Crippen LogP contribution in [0.15, 0.2) is 29.3 Å². The highest BCUT2D eigenvalue weighted by atomic mass is 16.5. The van der Waals surface area contributed by atoms with E-state index in [4.69, 9.17) is 0 Å². The van der Waals surface area contributed by atoms with Crippen LogP contribution in [-0.2, 0) is 14.3 Å². The number of methoxy groups -OCH3 is 1. The Morgan fingerprint density at radius 2 is 1.96 bits per heavy atom. The number of likely N-dealkylation sites (tertiary alicyclic amines) is 1. The van der Waals surface area contributed by atoms with Crippen molar-refractivity contribution in [1.82, 2.24) is 4.90 Å². The average molecular weight is 368 g/mol. The molecule has 0 aromatic heterocycles. The summed E-state index contributed by atoms with van der Waals surface area (Å²) in [5.74, 6) is 5.10. The summed E-state index contributed by atoms with van der Waals surface area (Å²) < 4.78 is 4.53. The van der Waals surface area contributed by atoms with Crippen LogP contribution >= 0.6 is 0 Å². The number of hydrogen-bond acceptors (Lipinski definition) is 4. The number of rotatable bonds is 5. The van der Waals surface area contributed by atoms with Crippen molar-refractivity contribution in [1.29, 1.82) is 0 Å². The number of carbonyl (C=O) groups excluding carboxylic acids is 3. The van der Waals surface area contributed by atoms with E-state index in [1.165, 1.54) is 14.0 Å². The van der Waals surface area contributed by atoms with Crippen LogP contribution in [0.5, 0.6) is 0 Å². The van der Waals surface area contributed by atoms with Gasteiger partial charge in [-0.2, -0.15) is 0 Å². The molecule has 27 heavy (non-hydrogen) atoms. The number of ether oxygens (including phenoxy) is 1. The maximum atomic E-state index is 12.1. The van der Waals surface area contributed by atoms with Gasteiger partial charge in [-0.1, -0.05) is 17.9 Å². The molecule has 0 spiro atoms. The van der Waals surface area contributed by atoms with Crippen molar-refractivity contribution in [3.63, 3.8) is 0 Å². The summed E-state index contributed by atoms with van der Waals surface area (Å²) in [5.41, 5.74) is 1.05. The molecular weight excluding hydrogens is 344 g/mol. The second-order valence-electron chi connectivity index (χ2n) is 6.32. The third-order valence-corrected chi connectivity index (χ3v) is 4.24. The van der Waals surface area contributed by atoms with Crippen LogP contribution < -0.4 is 0 Å². The maximum Gasteiger partial charge on any atom is 0.352 e. The fraction of sp³-hybridized carbons (Fsp3) is 0.429. The minimum absolute atomic E-state index is 0.00153. The minimum Gasteiger partial charge on any atom is -0.465 e. The van der Waals surface area contributed by atoms with Gasteiger partial charge in [0.2, 0.25) is 5.91 Å². The largest absolute Gasteiger partial charge is 0.465 e. The normalized spacial score (nSPS) is 13.7. The lowest BCUT2D eigenvalue weighted by Crippen LogP contribution is -2.27. The lowest BCUT2D eigenvalue weighted by atomic mass is 10.1. The summed E-state index contributed by atoms with van der Waals surface area (Å²) in [6.07, 6.45) is 4.07. The SMILES string of the molecule is COC(=O)C(C)=NC(=O)c1cccc(C#CCCCC(=O)N2CCCC2)c1. The van der Waals surface area contributed by atoms with E-state index in [2.05, 4.69) is 21.6 Å². The van der Waals surface area contributed by atoms with E-state index in [0.29, 0.717) is 24.0 Å². The zero-order valence-electron chi connectivity index (χ0n) is 15.8. The van der Waals surface area contributed by atoms with Crippen molar-refractivity contribution < 1.29 is 19.1 Å². The Morgan fingerprint density at radius 1 is 1.22 bits per heavy atom. The van der Waals surface area contributed by atoms with Crippen molar-refractivity contribution in [3.8, 4) is 11.8 Å². The summed E-state index contributed by atoms with van der Waals surface area (Å²) in [6.45, 7) is 3.18. The highest BCUT2D eigenvalue weighted by Crippen LogP contribution is 2.11. The zero-order valence-corrected chi connectivity index (χ0v) is 15.8. The zero-order chi connectivity index (χ0) is 19.6. The number of amides is 2. The number of benzene rings is 1. The smallest absolute Gasteiger partial charge is 0.352 e. The number of nitrogens with zero attached hydrogens (tertiary/aromatic N) is 2. The Labute approximate surface area is 159 Å². The quantitative estimate of drug-likeness (QED) is 0.346. The lowest BCUT2D eigenvalue weighted by molar-refractivity contribution is -0.133. The van der Waals surface area contributed by atoms with E-state index in [1.807, 2.05) is 4.90 Å². The molecule has 0 N–H and O–H groups in total. The second kappa shape index (κ2) is 10.3. The Bertz CT molecular complexity index is 796. The minimum atomic E-state index is -0.636. The predicted molar refractivity (Wildman–Crippen MR) is 102 cm³/mol. The topological polar surface area (TPSA) is 76.0 Å². The number of unbranched alkanes of at least 4 members (excludes halogenated alkanes) is 1. The van der Waals surface area contributed by atoms with E-state index in [1.54, 1.807) is 24.3 Å². The Morgan fingerprint density at radius 3 is 2.67 bits per heavy atom. The molecule has 1 aromatic rings. The molecule has 1 fully saturated rings. The number of carbonyl (C=O) groups is 3. The summed E-state index contributed by atoms with van der Waals surface area (Å²) in [6, 6.07) is 6.78. The average Bonchev–Trinajstić information content (AvgIpc) is 3.22. The molecule has 0 bridgehead atoms. The molecule has 0 saturated carbocycles. The van der Waals surface area contributed by atoms with Gasteiger partial charge in [0.15, 0.2) is 0 Å². The molecule has 2 rings (SSSR count). The number of hydrogen-bond donors (Lipinski definition) is 0. The first-order valence-electron chi connectivity index (χ1n) is 9.06. The van der Waals surface area contributed by atoms with Gasteiger partial charge < -0.3 is 9.64 Å². The molecule has 1 heterocycles. The van der Waals surface area contributed by atoms with Gasteiger partial charge in [0, 0.05) is 37.1 Å². The van der Waals surface area contributed by atoms with Crippen molar-refractivity contribution >= 4 is 23.5 Å². The van der Waals surface area contributed by atoms with Crippen molar-refractivity contribution in [2.45, 2.75) is 39.0 Å². The molecule has 1 aliphatic rings. The summed E-state index contributed by atoms with van der Waals surface area (Å²) in [7, 11) is 1.24. The molecule has 1 aromatic carbocycles. The van der Waals surface area contributed by atoms with Crippen molar-refractivity contribution in [3.05, 3.63) is 35.4 Å². The first-order chi connectivity index (χ1) is 13.0. The predicted octanol–water partition coefficient (Wildman–Crippen LogP) is 2.60. The molecule has 0 unspecified atom stereocenters. The van der Waals surface area contributed by atoms with Gasteiger partial charge in [0.25, 0.3) is 5.91 Å². The van der Waals surface area contributed by atoms with E-state index in [0.717, 1.165) is 32.4 Å². The van der Waals surface area contributed by atoms with Crippen LogP contribution in [0, 0.1) is 11.8 Å². The highest BCUT2D eigenvalue weighted by Gasteiger charge is 2.16. The van der Waals surface area contributed by atoms with Gasteiger partial charge >= 0.3 is 5.97 Å². The van der Waals surface area contributed by atoms with Gasteiger partial charge in [0.1, 0.15) is 5.71 Å². The molecule has 142 valence electrons. The van der Waals surface area contributed by atoms with Gasteiger partial charge in [-0.25, -0.2) is 9.79 Å². The number of aliphatic imine (C=N–C) groups is 1. The molecule has 0 atom stereocenters. The fourth-order valence-corrected chi connectivity index (χ4v) is 2.76.